The molecule has 4 aromatic rings. The Morgan fingerprint density at radius 3 is 2.10 bits per heavy atom. The number of urea groups is 1. The van der Waals surface area contributed by atoms with Crippen LogP contribution in [0.15, 0.2) is 103 Å². The van der Waals surface area contributed by atoms with Gasteiger partial charge in [0.25, 0.3) is 11.8 Å². The lowest BCUT2D eigenvalue weighted by molar-refractivity contribution is -0.122. The number of para-hydroxylation sites is 1. The second-order valence-electron chi connectivity index (χ2n) is 8.91. The molecule has 206 valence electrons. The Kier molecular flexibility index (Phi) is 7.96. The summed E-state index contributed by atoms with van der Waals surface area (Å²) in [6.45, 7) is 0.300. The van der Waals surface area contributed by atoms with Crippen LogP contribution in [0, 0.1) is 0 Å². The molecule has 0 aromatic heterocycles. The zero-order valence-electron chi connectivity index (χ0n) is 22.3. The first-order valence-corrected chi connectivity index (χ1v) is 12.6. The largest absolute Gasteiger partial charge is 0.497 e. The molecule has 1 heterocycles. The number of hydrogen-bond donors (Lipinski definition) is 1. The monoisotopic (exact) mass is 550 g/mol. The maximum atomic E-state index is 13.3. The summed E-state index contributed by atoms with van der Waals surface area (Å²) in [5.41, 5.74) is 1.53. The van der Waals surface area contributed by atoms with Crippen molar-refractivity contribution in [2.45, 2.75) is 6.61 Å². The fraction of sp³-hybridized carbons (Fsp3) is 0.0938. The van der Waals surface area contributed by atoms with Crippen molar-refractivity contribution in [2.24, 2.45) is 0 Å². The Hall–Kier alpha value is -5.57. The number of ether oxygens (including phenoxy) is 4. The number of benzene rings is 4. The summed E-state index contributed by atoms with van der Waals surface area (Å²) < 4.78 is 22.3. The van der Waals surface area contributed by atoms with E-state index in [0.29, 0.717) is 35.2 Å². The van der Waals surface area contributed by atoms with Gasteiger partial charge in [-0.05, 0) is 77.9 Å². The first kappa shape index (κ1) is 27.0. The van der Waals surface area contributed by atoms with Crippen LogP contribution in [0.2, 0.25) is 0 Å². The van der Waals surface area contributed by atoms with Crippen molar-refractivity contribution in [1.82, 2.24) is 5.32 Å². The molecule has 1 N–H and O–H groups in total. The fourth-order valence-electron chi connectivity index (χ4n) is 4.12. The molecule has 0 unspecified atom stereocenters. The fourth-order valence-corrected chi connectivity index (χ4v) is 4.12. The molecule has 0 aliphatic carbocycles. The van der Waals surface area contributed by atoms with Gasteiger partial charge in [0, 0.05) is 0 Å². The van der Waals surface area contributed by atoms with E-state index < -0.39 is 17.8 Å². The Morgan fingerprint density at radius 1 is 0.732 bits per heavy atom. The number of amides is 4. The van der Waals surface area contributed by atoms with E-state index in [-0.39, 0.29) is 11.3 Å². The highest BCUT2D eigenvalue weighted by Gasteiger charge is 2.36. The van der Waals surface area contributed by atoms with Crippen LogP contribution in [-0.2, 0) is 16.2 Å². The van der Waals surface area contributed by atoms with E-state index in [1.54, 1.807) is 49.6 Å². The Morgan fingerprint density at radius 2 is 1.41 bits per heavy atom. The van der Waals surface area contributed by atoms with Crippen molar-refractivity contribution in [3.8, 4) is 28.7 Å². The highest BCUT2D eigenvalue weighted by molar-refractivity contribution is 6.39. The number of imide groups is 2. The Bertz CT molecular complexity index is 1600. The molecule has 1 aliphatic rings. The highest BCUT2D eigenvalue weighted by Crippen LogP contribution is 2.31. The number of nitrogens with one attached hydrogen (secondary N) is 1. The summed E-state index contributed by atoms with van der Waals surface area (Å²) in [5, 5.41) is 2.23. The summed E-state index contributed by atoms with van der Waals surface area (Å²) in [4.78, 5) is 39.5. The highest BCUT2D eigenvalue weighted by atomic mass is 16.5. The molecule has 0 spiro atoms. The molecule has 4 amide bonds. The summed E-state index contributed by atoms with van der Waals surface area (Å²) in [7, 11) is 3.10. The van der Waals surface area contributed by atoms with Crippen LogP contribution in [0.5, 0.6) is 28.7 Å². The molecule has 41 heavy (non-hydrogen) atoms. The summed E-state index contributed by atoms with van der Waals surface area (Å²) in [6.07, 6.45) is 1.40. The van der Waals surface area contributed by atoms with Crippen LogP contribution in [0.4, 0.5) is 10.5 Å². The minimum absolute atomic E-state index is 0.205. The number of rotatable bonds is 9. The molecule has 1 fully saturated rings. The van der Waals surface area contributed by atoms with Crippen molar-refractivity contribution in [3.63, 3.8) is 0 Å². The third-order valence-electron chi connectivity index (χ3n) is 6.23. The van der Waals surface area contributed by atoms with Crippen molar-refractivity contribution in [3.05, 3.63) is 114 Å². The third-order valence-corrected chi connectivity index (χ3v) is 6.23. The van der Waals surface area contributed by atoms with Gasteiger partial charge in [-0.15, -0.1) is 0 Å². The average molecular weight is 551 g/mol. The number of nitrogens with zero attached hydrogens (tertiary/aromatic N) is 1. The number of carbonyl (C=O) groups is 3. The van der Waals surface area contributed by atoms with E-state index in [9.17, 15) is 14.4 Å². The van der Waals surface area contributed by atoms with Gasteiger partial charge in [-0.1, -0.05) is 36.4 Å². The lowest BCUT2D eigenvalue weighted by Gasteiger charge is -2.26. The first-order chi connectivity index (χ1) is 19.9. The molecule has 0 radical (unpaired) electrons. The summed E-state index contributed by atoms with van der Waals surface area (Å²) in [6, 6.07) is 27.3. The maximum Gasteiger partial charge on any atom is 0.335 e. The molecule has 0 bridgehead atoms. The lowest BCUT2D eigenvalue weighted by Crippen LogP contribution is -2.54. The zero-order valence-corrected chi connectivity index (χ0v) is 22.3. The van der Waals surface area contributed by atoms with Crippen molar-refractivity contribution < 1.29 is 33.3 Å². The predicted octanol–water partition coefficient (Wildman–Crippen LogP) is 5.74. The van der Waals surface area contributed by atoms with Crippen molar-refractivity contribution in [2.75, 3.05) is 19.1 Å². The van der Waals surface area contributed by atoms with Crippen LogP contribution < -0.4 is 29.2 Å². The lowest BCUT2D eigenvalue weighted by atomic mass is 10.1. The number of carbonyl (C=O) groups excluding carboxylic acids is 3. The molecule has 1 saturated heterocycles. The van der Waals surface area contributed by atoms with E-state index in [2.05, 4.69) is 5.32 Å². The zero-order chi connectivity index (χ0) is 28.8. The molecule has 0 saturated carbocycles. The number of anilines is 1. The average Bonchev–Trinajstić information content (AvgIpc) is 3.00. The number of barbiturate groups is 1. The SMILES string of the molecule is COc1ccc(COc2ccc(/C=C3\C(=O)NC(=O)N(c4ccc(Oc5ccccc5)cc4)C3=O)cc2OC)cc1. The second-order valence-corrected chi connectivity index (χ2v) is 8.91. The minimum atomic E-state index is -0.839. The van der Waals surface area contributed by atoms with Crippen LogP contribution >= 0.6 is 0 Å². The molecule has 9 heteroatoms. The molecule has 0 atom stereocenters. The van der Waals surface area contributed by atoms with E-state index in [1.165, 1.54) is 13.2 Å². The van der Waals surface area contributed by atoms with Crippen molar-refractivity contribution in [1.29, 1.82) is 0 Å². The molecular weight excluding hydrogens is 524 g/mol. The summed E-state index contributed by atoms with van der Waals surface area (Å²) >= 11 is 0. The van der Waals surface area contributed by atoms with Crippen LogP contribution in [0.1, 0.15) is 11.1 Å². The van der Waals surface area contributed by atoms with Gasteiger partial charge in [0.1, 0.15) is 29.4 Å². The van der Waals surface area contributed by atoms with E-state index in [1.807, 2.05) is 54.6 Å². The van der Waals surface area contributed by atoms with Crippen molar-refractivity contribution >= 4 is 29.6 Å². The topological polar surface area (TPSA) is 103 Å². The minimum Gasteiger partial charge on any atom is -0.497 e. The molecule has 1 aliphatic heterocycles. The smallest absolute Gasteiger partial charge is 0.335 e. The van der Waals surface area contributed by atoms with Gasteiger partial charge in [-0.3, -0.25) is 14.9 Å². The quantitative estimate of drug-likeness (QED) is 0.209. The molecular formula is C32H26N2O7. The van der Waals surface area contributed by atoms with Gasteiger partial charge in [0.05, 0.1) is 19.9 Å². The molecule has 5 rings (SSSR count). The van der Waals surface area contributed by atoms with Gasteiger partial charge < -0.3 is 18.9 Å². The van der Waals surface area contributed by atoms with E-state index >= 15 is 0 Å². The predicted molar refractivity (Wildman–Crippen MR) is 152 cm³/mol. The van der Waals surface area contributed by atoms with Gasteiger partial charge in [-0.25, -0.2) is 9.69 Å². The first-order valence-electron chi connectivity index (χ1n) is 12.6. The third kappa shape index (κ3) is 6.20. The summed E-state index contributed by atoms with van der Waals surface area (Å²) in [5.74, 6) is 1.28. The number of methoxy groups -OCH3 is 2. The maximum absolute atomic E-state index is 13.3. The van der Waals surface area contributed by atoms with Crippen LogP contribution in [0.25, 0.3) is 6.08 Å². The van der Waals surface area contributed by atoms with Gasteiger partial charge in [0.15, 0.2) is 11.5 Å². The van der Waals surface area contributed by atoms with E-state index in [0.717, 1.165) is 16.2 Å². The molecule has 4 aromatic carbocycles. The Labute approximate surface area is 236 Å². The van der Waals surface area contributed by atoms with Crippen LogP contribution in [-0.4, -0.2) is 32.1 Å². The van der Waals surface area contributed by atoms with Gasteiger partial charge in [0.2, 0.25) is 0 Å². The molecule has 9 nitrogen and oxygen atoms in total. The second kappa shape index (κ2) is 12.1. The standard InChI is InChI=1S/C32H26N2O7/c1-38-24-13-8-21(9-14-24)20-40-28-17-10-22(19-29(28)39-2)18-27-30(35)33-32(37)34(31(27)36)23-11-15-26(16-12-23)41-25-6-4-3-5-7-25/h3-19H,20H2,1-2H3,(H,33,35,37)/b27-18+. The number of hydrogen-bond acceptors (Lipinski definition) is 7. The van der Waals surface area contributed by atoms with E-state index in [4.69, 9.17) is 18.9 Å². The Balaban J connectivity index is 1.33. The van der Waals surface area contributed by atoms with Crippen LogP contribution in [0.3, 0.4) is 0 Å². The van der Waals surface area contributed by atoms with Gasteiger partial charge >= 0.3 is 6.03 Å². The normalized spacial score (nSPS) is 14.0. The van der Waals surface area contributed by atoms with Gasteiger partial charge in [-0.2, -0.15) is 0 Å².